The summed E-state index contributed by atoms with van der Waals surface area (Å²) in [6, 6.07) is 2.12. The van der Waals surface area contributed by atoms with Gasteiger partial charge in [0.2, 0.25) is 0 Å². The second-order valence-electron chi connectivity index (χ2n) is 4.37. The van der Waals surface area contributed by atoms with Gasteiger partial charge in [0.05, 0.1) is 0 Å². The van der Waals surface area contributed by atoms with Crippen LogP contribution in [0.4, 0.5) is 0 Å². The molecule has 0 N–H and O–H groups in total. The summed E-state index contributed by atoms with van der Waals surface area (Å²) >= 11 is 1.71. The minimum absolute atomic E-state index is 0.314. The maximum Gasteiger partial charge on any atom is 0.136 e. The smallest absolute Gasteiger partial charge is 0.136 e. The van der Waals surface area contributed by atoms with Gasteiger partial charge in [-0.15, -0.1) is 0 Å². The standard InChI is InChI=1S/C14H22OS/c1-3-5-13(6-4-2)14(15)8-7-12-9-10-16-11-12/h9-11,13H,3-8H2,1-2H3. The van der Waals surface area contributed by atoms with Crippen molar-refractivity contribution in [2.75, 3.05) is 0 Å². The first-order valence-electron chi connectivity index (χ1n) is 6.31. The normalized spacial score (nSPS) is 10.9. The topological polar surface area (TPSA) is 17.1 Å². The molecule has 0 spiro atoms. The number of carbonyl (C=O) groups excluding carboxylic acids is 1. The van der Waals surface area contributed by atoms with Crippen LogP contribution in [0.5, 0.6) is 0 Å². The van der Waals surface area contributed by atoms with Gasteiger partial charge in [-0.05, 0) is 41.7 Å². The lowest BCUT2D eigenvalue weighted by molar-refractivity contribution is -0.123. The van der Waals surface area contributed by atoms with Crippen molar-refractivity contribution >= 4 is 17.1 Å². The Morgan fingerprint density at radius 1 is 1.31 bits per heavy atom. The molecule has 0 fully saturated rings. The van der Waals surface area contributed by atoms with Gasteiger partial charge >= 0.3 is 0 Å². The van der Waals surface area contributed by atoms with Crippen LogP contribution < -0.4 is 0 Å². The van der Waals surface area contributed by atoms with Crippen LogP contribution in [-0.4, -0.2) is 5.78 Å². The maximum atomic E-state index is 12.0. The Kier molecular flexibility index (Phi) is 6.39. The predicted octanol–water partition coefficient (Wildman–Crippen LogP) is 4.47. The van der Waals surface area contributed by atoms with E-state index < -0.39 is 0 Å². The zero-order valence-electron chi connectivity index (χ0n) is 10.4. The number of aryl methyl sites for hydroxylation is 1. The van der Waals surface area contributed by atoms with Crippen LogP contribution >= 0.6 is 11.3 Å². The first-order chi connectivity index (χ1) is 7.77. The zero-order chi connectivity index (χ0) is 11.8. The molecular weight excluding hydrogens is 216 g/mol. The monoisotopic (exact) mass is 238 g/mol. The Labute approximate surface area is 103 Å². The maximum absolute atomic E-state index is 12.0. The third kappa shape index (κ3) is 4.48. The van der Waals surface area contributed by atoms with Crippen molar-refractivity contribution in [2.24, 2.45) is 5.92 Å². The van der Waals surface area contributed by atoms with E-state index in [9.17, 15) is 4.79 Å². The largest absolute Gasteiger partial charge is 0.299 e. The molecule has 1 aromatic heterocycles. The predicted molar refractivity (Wildman–Crippen MR) is 71.0 cm³/mol. The van der Waals surface area contributed by atoms with Gasteiger partial charge < -0.3 is 0 Å². The molecule has 0 radical (unpaired) electrons. The summed E-state index contributed by atoms with van der Waals surface area (Å²) < 4.78 is 0. The zero-order valence-corrected chi connectivity index (χ0v) is 11.2. The number of carbonyl (C=O) groups is 1. The highest BCUT2D eigenvalue weighted by atomic mass is 32.1. The summed E-state index contributed by atoms with van der Waals surface area (Å²) in [6.45, 7) is 4.32. The Hall–Kier alpha value is -0.630. The lowest BCUT2D eigenvalue weighted by Gasteiger charge is -2.13. The number of thiophene rings is 1. The van der Waals surface area contributed by atoms with Crippen LogP contribution in [0.3, 0.4) is 0 Å². The number of Topliss-reactive ketones (excluding diaryl/α,β-unsaturated/α-hetero) is 1. The molecule has 0 saturated carbocycles. The second-order valence-corrected chi connectivity index (χ2v) is 5.15. The Morgan fingerprint density at radius 2 is 2.00 bits per heavy atom. The number of rotatable bonds is 8. The summed E-state index contributed by atoms with van der Waals surface area (Å²) in [7, 11) is 0. The fourth-order valence-corrected chi connectivity index (χ4v) is 2.77. The molecule has 90 valence electrons. The van der Waals surface area contributed by atoms with E-state index in [1.165, 1.54) is 5.56 Å². The summed E-state index contributed by atoms with van der Waals surface area (Å²) in [4.78, 5) is 12.0. The number of hydrogen-bond donors (Lipinski definition) is 0. The van der Waals surface area contributed by atoms with E-state index in [0.29, 0.717) is 11.7 Å². The Bertz CT molecular complexity index is 284. The highest BCUT2D eigenvalue weighted by molar-refractivity contribution is 7.07. The molecule has 0 aromatic carbocycles. The van der Waals surface area contributed by atoms with Crippen LogP contribution in [-0.2, 0) is 11.2 Å². The van der Waals surface area contributed by atoms with Gasteiger partial charge in [0.25, 0.3) is 0 Å². The highest BCUT2D eigenvalue weighted by Crippen LogP contribution is 2.18. The fourth-order valence-electron chi connectivity index (χ4n) is 2.07. The van der Waals surface area contributed by atoms with Crippen LogP contribution in [0, 0.1) is 5.92 Å². The molecular formula is C14H22OS. The molecule has 0 bridgehead atoms. The van der Waals surface area contributed by atoms with Gasteiger partial charge in [0.15, 0.2) is 0 Å². The summed E-state index contributed by atoms with van der Waals surface area (Å²) in [5, 5.41) is 4.22. The minimum atomic E-state index is 0.314. The summed E-state index contributed by atoms with van der Waals surface area (Å²) in [5.74, 6) is 0.781. The molecule has 16 heavy (non-hydrogen) atoms. The number of hydrogen-bond acceptors (Lipinski definition) is 2. The van der Waals surface area contributed by atoms with Gasteiger partial charge in [-0.3, -0.25) is 4.79 Å². The van der Waals surface area contributed by atoms with E-state index >= 15 is 0 Å². The molecule has 0 aliphatic rings. The molecule has 1 heterocycles. The lowest BCUT2D eigenvalue weighted by atomic mass is 9.91. The molecule has 1 rings (SSSR count). The van der Waals surface area contributed by atoms with Crippen molar-refractivity contribution in [1.82, 2.24) is 0 Å². The van der Waals surface area contributed by atoms with E-state index in [4.69, 9.17) is 0 Å². The molecule has 0 unspecified atom stereocenters. The van der Waals surface area contributed by atoms with Gasteiger partial charge in [-0.2, -0.15) is 11.3 Å². The average Bonchev–Trinajstić information content (AvgIpc) is 2.78. The van der Waals surface area contributed by atoms with Crippen LogP contribution in [0.15, 0.2) is 16.8 Å². The molecule has 0 atom stereocenters. The average molecular weight is 238 g/mol. The van der Waals surface area contributed by atoms with Gasteiger partial charge in [-0.25, -0.2) is 0 Å². The molecule has 0 amide bonds. The van der Waals surface area contributed by atoms with Gasteiger partial charge in [-0.1, -0.05) is 26.7 Å². The number of ketones is 1. The fraction of sp³-hybridized carbons (Fsp3) is 0.643. The molecule has 0 aliphatic carbocycles. The van der Waals surface area contributed by atoms with E-state index in [-0.39, 0.29) is 0 Å². The summed E-state index contributed by atoms with van der Waals surface area (Å²) in [5.41, 5.74) is 1.31. The third-order valence-electron chi connectivity index (χ3n) is 2.97. The van der Waals surface area contributed by atoms with Crippen LogP contribution in [0.1, 0.15) is 51.5 Å². The minimum Gasteiger partial charge on any atom is -0.299 e. The van der Waals surface area contributed by atoms with E-state index in [1.807, 2.05) is 0 Å². The summed E-state index contributed by atoms with van der Waals surface area (Å²) in [6.07, 6.45) is 6.02. The SMILES string of the molecule is CCCC(CCC)C(=O)CCc1ccsc1. The van der Waals surface area contributed by atoms with Gasteiger partial charge in [0.1, 0.15) is 5.78 Å². The Morgan fingerprint density at radius 3 is 2.50 bits per heavy atom. The van der Waals surface area contributed by atoms with Crippen molar-refractivity contribution in [2.45, 2.75) is 52.4 Å². The van der Waals surface area contributed by atoms with Crippen molar-refractivity contribution in [1.29, 1.82) is 0 Å². The van der Waals surface area contributed by atoms with E-state index in [2.05, 4.69) is 30.7 Å². The van der Waals surface area contributed by atoms with E-state index in [1.54, 1.807) is 11.3 Å². The van der Waals surface area contributed by atoms with Crippen molar-refractivity contribution in [3.63, 3.8) is 0 Å². The van der Waals surface area contributed by atoms with Gasteiger partial charge in [0, 0.05) is 12.3 Å². The van der Waals surface area contributed by atoms with Crippen LogP contribution in [0.2, 0.25) is 0 Å². The van der Waals surface area contributed by atoms with Crippen molar-refractivity contribution in [3.05, 3.63) is 22.4 Å². The highest BCUT2D eigenvalue weighted by Gasteiger charge is 2.15. The Balaban J connectivity index is 2.36. The molecule has 0 aliphatic heterocycles. The second kappa shape index (κ2) is 7.61. The lowest BCUT2D eigenvalue weighted by Crippen LogP contribution is -2.14. The first-order valence-corrected chi connectivity index (χ1v) is 7.26. The molecule has 1 aromatic rings. The van der Waals surface area contributed by atoms with Crippen molar-refractivity contribution in [3.8, 4) is 0 Å². The van der Waals surface area contributed by atoms with E-state index in [0.717, 1.165) is 38.5 Å². The van der Waals surface area contributed by atoms with Crippen LogP contribution in [0.25, 0.3) is 0 Å². The molecule has 2 heteroatoms. The quantitative estimate of drug-likeness (QED) is 0.653. The molecule has 0 saturated heterocycles. The van der Waals surface area contributed by atoms with Crippen molar-refractivity contribution < 1.29 is 4.79 Å². The molecule has 1 nitrogen and oxygen atoms in total. The third-order valence-corrected chi connectivity index (χ3v) is 3.70. The first kappa shape index (κ1) is 13.4.